The maximum Gasteiger partial charge on any atom is 0.129 e. The lowest BCUT2D eigenvalue weighted by molar-refractivity contribution is -0.128. The van der Waals surface area contributed by atoms with Crippen molar-refractivity contribution in [3.63, 3.8) is 0 Å². The Morgan fingerprint density at radius 3 is 2.48 bits per heavy atom. The number of anilines is 1. The first-order valence-electron chi connectivity index (χ1n) is 7.05. The van der Waals surface area contributed by atoms with Crippen molar-refractivity contribution in [3.8, 4) is 11.5 Å². The smallest absolute Gasteiger partial charge is 0.129 e. The Bertz CT molecular complexity index is 576. The Hall–Kier alpha value is -2.04. The summed E-state index contributed by atoms with van der Waals surface area (Å²) in [5.74, 6) is 1.60. The molecule has 110 valence electrons. The van der Waals surface area contributed by atoms with Crippen molar-refractivity contribution in [1.29, 1.82) is 0 Å². The standard InChI is InChI=1S/C17H19NO3/c19-11-17(12-20-13-17)10-18-14-5-4-8-16(9-14)21-15-6-2-1-3-7-15/h1-9,18-19H,10-13H2. The molecule has 2 aromatic carbocycles. The van der Waals surface area contributed by atoms with Gasteiger partial charge in [0.25, 0.3) is 0 Å². The van der Waals surface area contributed by atoms with E-state index in [-0.39, 0.29) is 12.0 Å². The van der Waals surface area contributed by atoms with Crippen LogP contribution in [0.2, 0.25) is 0 Å². The van der Waals surface area contributed by atoms with Gasteiger partial charge in [0, 0.05) is 18.3 Å². The van der Waals surface area contributed by atoms with Gasteiger partial charge in [-0.3, -0.25) is 0 Å². The molecular formula is C17H19NO3. The van der Waals surface area contributed by atoms with Crippen molar-refractivity contribution >= 4 is 5.69 Å². The number of aliphatic hydroxyl groups excluding tert-OH is 1. The summed E-state index contributed by atoms with van der Waals surface area (Å²) in [6.07, 6.45) is 0. The molecule has 2 N–H and O–H groups in total. The van der Waals surface area contributed by atoms with Crippen LogP contribution >= 0.6 is 0 Å². The number of ether oxygens (including phenoxy) is 2. The minimum atomic E-state index is -0.143. The number of aliphatic hydroxyl groups is 1. The molecule has 21 heavy (non-hydrogen) atoms. The van der Waals surface area contributed by atoms with Crippen LogP contribution in [-0.2, 0) is 4.74 Å². The van der Waals surface area contributed by atoms with Gasteiger partial charge in [-0.15, -0.1) is 0 Å². The molecule has 4 nitrogen and oxygen atoms in total. The van der Waals surface area contributed by atoms with Gasteiger partial charge in [-0.2, -0.15) is 0 Å². The van der Waals surface area contributed by atoms with E-state index in [2.05, 4.69) is 5.32 Å². The molecule has 3 rings (SSSR count). The van der Waals surface area contributed by atoms with E-state index in [9.17, 15) is 5.11 Å². The Morgan fingerprint density at radius 2 is 1.81 bits per heavy atom. The van der Waals surface area contributed by atoms with Crippen LogP contribution in [0.25, 0.3) is 0 Å². The molecule has 1 aliphatic heterocycles. The number of rotatable bonds is 6. The number of hydrogen-bond donors (Lipinski definition) is 2. The summed E-state index contributed by atoms with van der Waals surface area (Å²) < 4.78 is 11.0. The fourth-order valence-corrected chi connectivity index (χ4v) is 2.22. The van der Waals surface area contributed by atoms with Crippen LogP contribution in [0.15, 0.2) is 54.6 Å². The molecule has 1 fully saturated rings. The summed E-state index contributed by atoms with van der Waals surface area (Å²) in [7, 11) is 0. The number of nitrogens with one attached hydrogen (secondary N) is 1. The summed E-state index contributed by atoms with van der Waals surface area (Å²) in [6.45, 7) is 2.05. The second kappa shape index (κ2) is 6.16. The zero-order valence-electron chi connectivity index (χ0n) is 11.8. The highest BCUT2D eigenvalue weighted by molar-refractivity contribution is 5.49. The number of para-hydroxylation sites is 1. The fourth-order valence-electron chi connectivity index (χ4n) is 2.22. The van der Waals surface area contributed by atoms with Gasteiger partial charge in [0.2, 0.25) is 0 Å². The lowest BCUT2D eigenvalue weighted by atomic mass is 9.87. The second-order valence-electron chi connectivity index (χ2n) is 5.45. The maximum absolute atomic E-state index is 9.42. The van der Waals surface area contributed by atoms with Gasteiger partial charge in [-0.05, 0) is 24.3 Å². The van der Waals surface area contributed by atoms with E-state index in [0.29, 0.717) is 19.8 Å². The Kier molecular flexibility index (Phi) is 4.08. The highest BCUT2D eigenvalue weighted by atomic mass is 16.5. The highest BCUT2D eigenvalue weighted by Crippen LogP contribution is 2.28. The first-order valence-corrected chi connectivity index (χ1v) is 7.05. The first kappa shape index (κ1) is 13.9. The Balaban J connectivity index is 1.63. The van der Waals surface area contributed by atoms with E-state index in [4.69, 9.17) is 9.47 Å². The van der Waals surface area contributed by atoms with Crippen LogP contribution in [-0.4, -0.2) is 31.5 Å². The third-order valence-corrected chi connectivity index (χ3v) is 3.63. The van der Waals surface area contributed by atoms with Crippen LogP contribution in [0.1, 0.15) is 0 Å². The normalized spacial score (nSPS) is 16.0. The summed E-state index contributed by atoms with van der Waals surface area (Å²) >= 11 is 0. The molecule has 1 saturated heterocycles. The summed E-state index contributed by atoms with van der Waals surface area (Å²) in [5.41, 5.74) is 0.833. The average molecular weight is 285 g/mol. The quantitative estimate of drug-likeness (QED) is 0.857. The number of benzene rings is 2. The SMILES string of the molecule is OCC1(CNc2cccc(Oc3ccccc3)c2)COC1. The highest BCUT2D eigenvalue weighted by Gasteiger charge is 2.37. The largest absolute Gasteiger partial charge is 0.457 e. The van der Waals surface area contributed by atoms with Crippen molar-refractivity contribution in [2.24, 2.45) is 5.41 Å². The molecule has 0 aromatic heterocycles. The van der Waals surface area contributed by atoms with Crippen LogP contribution in [0.5, 0.6) is 11.5 Å². The Labute approximate surface area is 124 Å². The molecule has 2 aromatic rings. The van der Waals surface area contributed by atoms with Crippen molar-refractivity contribution < 1.29 is 14.6 Å². The summed E-state index contributed by atoms with van der Waals surface area (Å²) in [6, 6.07) is 17.5. The molecule has 0 spiro atoms. The Morgan fingerprint density at radius 1 is 1.05 bits per heavy atom. The lowest BCUT2D eigenvalue weighted by Crippen LogP contribution is -2.50. The van der Waals surface area contributed by atoms with E-state index < -0.39 is 0 Å². The predicted molar refractivity (Wildman–Crippen MR) is 81.8 cm³/mol. The molecular weight excluding hydrogens is 266 g/mol. The van der Waals surface area contributed by atoms with Gasteiger partial charge in [0.15, 0.2) is 0 Å². The summed E-state index contributed by atoms with van der Waals surface area (Å²) in [4.78, 5) is 0. The molecule has 1 heterocycles. The zero-order chi connectivity index (χ0) is 14.5. The average Bonchev–Trinajstić information content (AvgIpc) is 2.48. The van der Waals surface area contributed by atoms with Gasteiger partial charge in [0.05, 0.1) is 25.2 Å². The second-order valence-corrected chi connectivity index (χ2v) is 5.45. The minimum Gasteiger partial charge on any atom is -0.457 e. The lowest BCUT2D eigenvalue weighted by Gasteiger charge is -2.40. The zero-order valence-corrected chi connectivity index (χ0v) is 11.8. The van der Waals surface area contributed by atoms with Gasteiger partial charge in [-0.25, -0.2) is 0 Å². The fraction of sp³-hybridized carbons (Fsp3) is 0.294. The van der Waals surface area contributed by atoms with Crippen LogP contribution < -0.4 is 10.1 Å². The third kappa shape index (κ3) is 3.35. The first-order chi connectivity index (χ1) is 10.3. The van der Waals surface area contributed by atoms with Crippen LogP contribution in [0.4, 0.5) is 5.69 Å². The van der Waals surface area contributed by atoms with Gasteiger partial charge < -0.3 is 19.9 Å². The van der Waals surface area contributed by atoms with Crippen molar-refractivity contribution in [1.82, 2.24) is 0 Å². The van der Waals surface area contributed by atoms with Crippen molar-refractivity contribution in [2.75, 3.05) is 31.7 Å². The summed E-state index contributed by atoms with van der Waals surface area (Å²) in [5, 5.41) is 12.8. The molecule has 0 atom stereocenters. The molecule has 4 heteroatoms. The van der Waals surface area contributed by atoms with Crippen LogP contribution in [0.3, 0.4) is 0 Å². The molecule has 0 bridgehead atoms. The monoisotopic (exact) mass is 285 g/mol. The van der Waals surface area contributed by atoms with E-state index in [1.165, 1.54) is 0 Å². The van der Waals surface area contributed by atoms with E-state index in [1.54, 1.807) is 0 Å². The molecule has 0 radical (unpaired) electrons. The molecule has 0 unspecified atom stereocenters. The third-order valence-electron chi connectivity index (χ3n) is 3.63. The molecule has 1 aliphatic rings. The number of hydrogen-bond acceptors (Lipinski definition) is 4. The van der Waals surface area contributed by atoms with Crippen LogP contribution in [0, 0.1) is 5.41 Å². The molecule has 0 aliphatic carbocycles. The maximum atomic E-state index is 9.42. The van der Waals surface area contributed by atoms with Gasteiger partial charge in [0.1, 0.15) is 11.5 Å². The van der Waals surface area contributed by atoms with E-state index in [0.717, 1.165) is 17.2 Å². The molecule has 0 amide bonds. The van der Waals surface area contributed by atoms with Crippen molar-refractivity contribution in [2.45, 2.75) is 0 Å². The molecule has 0 saturated carbocycles. The van der Waals surface area contributed by atoms with Gasteiger partial charge >= 0.3 is 0 Å². The van der Waals surface area contributed by atoms with E-state index in [1.807, 2.05) is 54.6 Å². The van der Waals surface area contributed by atoms with Crippen molar-refractivity contribution in [3.05, 3.63) is 54.6 Å². The van der Waals surface area contributed by atoms with Gasteiger partial charge in [-0.1, -0.05) is 24.3 Å². The minimum absolute atomic E-state index is 0.139. The van der Waals surface area contributed by atoms with E-state index >= 15 is 0 Å². The predicted octanol–water partition coefficient (Wildman–Crippen LogP) is 2.90. The topological polar surface area (TPSA) is 50.7 Å².